The third-order valence-corrected chi connectivity index (χ3v) is 6.31. The van der Waals surface area contributed by atoms with Gasteiger partial charge in [-0.3, -0.25) is 9.69 Å². The molecule has 2 aliphatic rings. The molecule has 0 aliphatic carbocycles. The molecule has 5 rings (SSSR count). The molecule has 0 spiro atoms. The van der Waals surface area contributed by atoms with Gasteiger partial charge >= 0.3 is 6.03 Å². The second-order valence-electron chi connectivity index (χ2n) is 8.37. The molecule has 0 bridgehead atoms. The van der Waals surface area contributed by atoms with E-state index in [2.05, 4.69) is 17.2 Å². The van der Waals surface area contributed by atoms with E-state index in [1.807, 2.05) is 24.3 Å². The van der Waals surface area contributed by atoms with Gasteiger partial charge in [-0.05, 0) is 60.2 Å². The fourth-order valence-electron chi connectivity index (χ4n) is 4.25. The van der Waals surface area contributed by atoms with Gasteiger partial charge in [0, 0.05) is 46.6 Å². The highest BCUT2D eigenvalue weighted by atomic mass is 35.5. The molecule has 36 heavy (non-hydrogen) atoms. The molecule has 3 aromatic carbocycles. The number of nitrogens with one attached hydrogen (secondary N) is 2. The van der Waals surface area contributed by atoms with Gasteiger partial charge in [0.05, 0.1) is 11.6 Å². The first-order valence-corrected chi connectivity index (χ1v) is 11.6. The van der Waals surface area contributed by atoms with Crippen LogP contribution in [0.3, 0.4) is 0 Å². The fraction of sp³-hybridized carbons (Fsp3) is 0.0714. The number of nitrogens with zero attached hydrogens (tertiary/aromatic N) is 2. The van der Waals surface area contributed by atoms with Gasteiger partial charge in [-0.2, -0.15) is 0 Å². The van der Waals surface area contributed by atoms with E-state index in [9.17, 15) is 14.0 Å². The van der Waals surface area contributed by atoms with Crippen LogP contribution in [-0.2, 0) is 4.79 Å². The molecular formula is C28H22ClFN4O2. The van der Waals surface area contributed by atoms with Crippen LogP contribution in [0.2, 0.25) is 5.02 Å². The van der Waals surface area contributed by atoms with Crippen LogP contribution in [0, 0.1) is 5.82 Å². The second kappa shape index (κ2) is 9.71. The number of benzene rings is 3. The molecule has 0 aromatic heterocycles. The van der Waals surface area contributed by atoms with Crippen LogP contribution in [0.15, 0.2) is 103 Å². The summed E-state index contributed by atoms with van der Waals surface area (Å²) in [5.74, 6) is -1.63. The number of amides is 3. The minimum Gasteiger partial charge on any atom is -0.323 e. The molecule has 180 valence electrons. The molecule has 0 radical (unpaired) electrons. The number of fused-ring (bicyclic) bond motifs is 1. The Kier molecular flexibility index (Phi) is 6.31. The van der Waals surface area contributed by atoms with Crippen molar-refractivity contribution in [3.63, 3.8) is 0 Å². The van der Waals surface area contributed by atoms with Gasteiger partial charge in [-0.15, -0.1) is 0 Å². The first-order valence-electron chi connectivity index (χ1n) is 11.3. The summed E-state index contributed by atoms with van der Waals surface area (Å²) in [6.45, 7) is 4.07. The van der Waals surface area contributed by atoms with Crippen molar-refractivity contribution >= 4 is 46.3 Å². The third kappa shape index (κ3) is 4.61. The summed E-state index contributed by atoms with van der Waals surface area (Å²) in [5.41, 5.74) is 3.26. The maximum Gasteiger partial charge on any atom is 0.326 e. The summed E-state index contributed by atoms with van der Waals surface area (Å²) in [6.07, 6.45) is 7.28. The zero-order chi connectivity index (χ0) is 25.2. The molecule has 0 saturated heterocycles. The molecule has 3 amide bonds. The van der Waals surface area contributed by atoms with Crippen molar-refractivity contribution in [2.24, 2.45) is 0 Å². The summed E-state index contributed by atoms with van der Waals surface area (Å²) in [6, 6.07) is 18.2. The number of hydrogen-bond donors (Lipinski definition) is 2. The lowest BCUT2D eigenvalue weighted by molar-refractivity contribution is -0.117. The smallest absolute Gasteiger partial charge is 0.323 e. The van der Waals surface area contributed by atoms with Gasteiger partial charge in [0.2, 0.25) is 5.91 Å². The number of carbonyl (C=O) groups is 2. The number of allylic oxidation sites excluding steroid dienone is 3. The van der Waals surface area contributed by atoms with Crippen LogP contribution in [0.4, 0.5) is 31.9 Å². The van der Waals surface area contributed by atoms with Gasteiger partial charge in [0.25, 0.3) is 0 Å². The number of rotatable bonds is 4. The number of halogens is 2. The molecule has 2 N–H and O–H groups in total. The number of para-hydroxylation sites is 1. The van der Waals surface area contributed by atoms with E-state index in [0.29, 0.717) is 33.3 Å². The quantitative estimate of drug-likeness (QED) is 0.421. The topological polar surface area (TPSA) is 64.7 Å². The van der Waals surface area contributed by atoms with Gasteiger partial charge in [0.1, 0.15) is 5.82 Å². The minimum absolute atomic E-state index is 0.0624. The summed E-state index contributed by atoms with van der Waals surface area (Å²) in [7, 11) is 0. The lowest BCUT2D eigenvalue weighted by Crippen LogP contribution is -2.36. The molecule has 3 aromatic rings. The highest BCUT2D eigenvalue weighted by Gasteiger charge is 2.36. The maximum atomic E-state index is 15.0. The summed E-state index contributed by atoms with van der Waals surface area (Å²) in [4.78, 5) is 29.5. The highest BCUT2D eigenvalue weighted by Crippen LogP contribution is 2.37. The van der Waals surface area contributed by atoms with Crippen molar-refractivity contribution in [2.45, 2.75) is 5.92 Å². The summed E-state index contributed by atoms with van der Waals surface area (Å²) in [5, 5.41) is 6.08. The van der Waals surface area contributed by atoms with E-state index in [4.69, 9.17) is 11.6 Å². The molecule has 0 saturated carbocycles. The Balaban J connectivity index is 1.33. The number of hydrogen-bond acceptors (Lipinski definition) is 3. The van der Waals surface area contributed by atoms with Crippen LogP contribution < -0.4 is 20.4 Å². The van der Waals surface area contributed by atoms with Crippen molar-refractivity contribution in [3.05, 3.63) is 120 Å². The predicted molar refractivity (Wildman–Crippen MR) is 142 cm³/mol. The fourth-order valence-corrected chi connectivity index (χ4v) is 4.38. The molecule has 2 heterocycles. The predicted octanol–water partition coefficient (Wildman–Crippen LogP) is 6.66. The number of carbonyl (C=O) groups excluding carboxylic acids is 2. The van der Waals surface area contributed by atoms with Gasteiger partial charge in [0.15, 0.2) is 0 Å². The average molecular weight is 501 g/mol. The largest absolute Gasteiger partial charge is 0.326 e. The molecule has 8 heteroatoms. The molecule has 1 unspecified atom stereocenters. The zero-order valence-electron chi connectivity index (χ0n) is 19.1. The lowest BCUT2D eigenvalue weighted by atomic mass is 10.0. The third-order valence-electron chi connectivity index (χ3n) is 6.06. The molecule has 6 nitrogen and oxygen atoms in total. The first kappa shape index (κ1) is 23.4. The lowest BCUT2D eigenvalue weighted by Gasteiger charge is -2.23. The Bertz CT molecular complexity index is 1420. The normalized spacial score (nSPS) is 16.2. The van der Waals surface area contributed by atoms with Crippen molar-refractivity contribution in [1.82, 2.24) is 0 Å². The summed E-state index contributed by atoms with van der Waals surface area (Å²) >= 11 is 5.92. The van der Waals surface area contributed by atoms with E-state index < -0.39 is 17.6 Å². The van der Waals surface area contributed by atoms with E-state index in [-0.39, 0.29) is 18.3 Å². The zero-order valence-corrected chi connectivity index (χ0v) is 19.9. The van der Waals surface area contributed by atoms with E-state index in [0.717, 1.165) is 0 Å². The van der Waals surface area contributed by atoms with Crippen molar-refractivity contribution < 1.29 is 14.0 Å². The molecule has 2 aliphatic heterocycles. The van der Waals surface area contributed by atoms with E-state index in [1.165, 1.54) is 17.0 Å². The number of anilines is 4. The van der Waals surface area contributed by atoms with Crippen LogP contribution in [0.1, 0.15) is 11.5 Å². The van der Waals surface area contributed by atoms with Crippen LogP contribution in [-0.4, -0.2) is 18.5 Å². The Labute approximate surface area is 213 Å². The number of urea groups is 1. The molecule has 1 atom stereocenters. The van der Waals surface area contributed by atoms with Gasteiger partial charge in [-0.25, -0.2) is 9.18 Å². The molecular weight excluding hydrogens is 479 g/mol. The van der Waals surface area contributed by atoms with E-state index >= 15 is 0 Å². The highest BCUT2D eigenvalue weighted by molar-refractivity contribution is 6.30. The summed E-state index contributed by atoms with van der Waals surface area (Å²) < 4.78 is 15.0. The van der Waals surface area contributed by atoms with Crippen molar-refractivity contribution in [2.75, 3.05) is 27.0 Å². The Morgan fingerprint density at radius 2 is 1.78 bits per heavy atom. The first-order chi connectivity index (χ1) is 17.4. The van der Waals surface area contributed by atoms with Crippen LogP contribution >= 0.6 is 11.6 Å². The van der Waals surface area contributed by atoms with Crippen molar-refractivity contribution in [3.8, 4) is 0 Å². The Morgan fingerprint density at radius 3 is 2.53 bits per heavy atom. The Hall–Kier alpha value is -4.36. The standard InChI is InChI=1S/C28H22ClFN4O2/c1-18-6-4-5-15-33(18)21-13-14-25(24(30)16-21)32-27(35)23-17-34(26-8-3-2-7-22(23)26)28(36)31-20-11-9-19(29)10-12-20/h2-16,23H,1,17H2,(H,31,36)(H,32,35). The van der Waals surface area contributed by atoms with Gasteiger partial charge < -0.3 is 15.5 Å². The maximum absolute atomic E-state index is 15.0. The van der Waals surface area contributed by atoms with Gasteiger partial charge in [-0.1, -0.05) is 42.5 Å². The Morgan fingerprint density at radius 1 is 1.00 bits per heavy atom. The monoisotopic (exact) mass is 500 g/mol. The van der Waals surface area contributed by atoms with E-state index in [1.54, 1.807) is 59.6 Å². The molecule has 0 fully saturated rings. The van der Waals surface area contributed by atoms with Crippen LogP contribution in [0.25, 0.3) is 0 Å². The average Bonchev–Trinajstić information content (AvgIpc) is 3.27. The minimum atomic E-state index is -0.661. The van der Waals surface area contributed by atoms with Crippen molar-refractivity contribution in [1.29, 1.82) is 0 Å². The SMILES string of the molecule is C=C1C=CC=CN1c1ccc(NC(=O)C2CN(C(=O)Nc3ccc(Cl)cc3)c3ccccc32)c(F)c1. The van der Waals surface area contributed by atoms with Crippen LogP contribution in [0.5, 0.6) is 0 Å². The second-order valence-corrected chi connectivity index (χ2v) is 8.81.